The number of benzene rings is 1. The molecule has 0 radical (unpaired) electrons. The van der Waals surface area contributed by atoms with Gasteiger partial charge in [0.1, 0.15) is 17.9 Å². The highest BCUT2D eigenvalue weighted by Gasteiger charge is 2.13. The molecule has 0 saturated carbocycles. The summed E-state index contributed by atoms with van der Waals surface area (Å²) in [6.45, 7) is 4.07. The number of hydrogen-bond acceptors (Lipinski definition) is 4. The standard InChI is InChI=1S/C15H18ClN3O/c1-4-5-12-14(17-3)18-9-19-15(12)20-13-7-6-11(16)8-10(13)2/h6-9H,4-5H2,1-3H3,(H,17,18,19). The van der Waals surface area contributed by atoms with Gasteiger partial charge in [-0.05, 0) is 37.1 Å². The molecule has 106 valence electrons. The van der Waals surface area contributed by atoms with Gasteiger partial charge < -0.3 is 10.1 Å². The van der Waals surface area contributed by atoms with E-state index in [2.05, 4.69) is 22.2 Å². The summed E-state index contributed by atoms with van der Waals surface area (Å²) in [4.78, 5) is 8.49. The Morgan fingerprint density at radius 2 is 2.10 bits per heavy atom. The molecule has 0 aliphatic rings. The van der Waals surface area contributed by atoms with Gasteiger partial charge in [-0.2, -0.15) is 0 Å². The van der Waals surface area contributed by atoms with E-state index in [-0.39, 0.29) is 0 Å². The van der Waals surface area contributed by atoms with E-state index >= 15 is 0 Å². The van der Waals surface area contributed by atoms with Crippen LogP contribution in [0, 0.1) is 6.92 Å². The monoisotopic (exact) mass is 291 g/mol. The Kier molecular flexibility index (Phi) is 4.79. The van der Waals surface area contributed by atoms with Gasteiger partial charge in [0.25, 0.3) is 0 Å². The van der Waals surface area contributed by atoms with E-state index in [0.717, 1.165) is 35.5 Å². The van der Waals surface area contributed by atoms with Crippen LogP contribution in [-0.2, 0) is 6.42 Å². The highest BCUT2D eigenvalue weighted by atomic mass is 35.5. The molecule has 0 fully saturated rings. The zero-order valence-corrected chi connectivity index (χ0v) is 12.7. The van der Waals surface area contributed by atoms with Crippen LogP contribution in [0.4, 0.5) is 5.82 Å². The van der Waals surface area contributed by atoms with Gasteiger partial charge >= 0.3 is 0 Å². The number of nitrogens with zero attached hydrogens (tertiary/aromatic N) is 2. The molecular weight excluding hydrogens is 274 g/mol. The average molecular weight is 292 g/mol. The summed E-state index contributed by atoms with van der Waals surface area (Å²) in [6.07, 6.45) is 3.36. The Morgan fingerprint density at radius 3 is 2.75 bits per heavy atom. The van der Waals surface area contributed by atoms with Crippen molar-refractivity contribution in [3.8, 4) is 11.6 Å². The lowest BCUT2D eigenvalue weighted by atomic mass is 10.1. The molecule has 0 aliphatic carbocycles. The first-order valence-corrected chi connectivity index (χ1v) is 6.99. The third-order valence-electron chi connectivity index (χ3n) is 2.99. The molecular formula is C15H18ClN3O. The van der Waals surface area contributed by atoms with Crippen LogP contribution in [0.5, 0.6) is 11.6 Å². The summed E-state index contributed by atoms with van der Waals surface area (Å²) < 4.78 is 5.94. The topological polar surface area (TPSA) is 47.0 Å². The normalized spacial score (nSPS) is 10.4. The van der Waals surface area contributed by atoms with Crippen LogP contribution in [0.15, 0.2) is 24.5 Å². The summed E-state index contributed by atoms with van der Waals surface area (Å²) in [7, 11) is 1.85. The maximum Gasteiger partial charge on any atom is 0.227 e. The molecule has 0 bridgehead atoms. The van der Waals surface area contributed by atoms with Gasteiger partial charge in [0.2, 0.25) is 5.88 Å². The summed E-state index contributed by atoms with van der Waals surface area (Å²) in [5, 5.41) is 3.77. The Bertz CT molecular complexity index is 602. The lowest BCUT2D eigenvalue weighted by Crippen LogP contribution is -2.03. The van der Waals surface area contributed by atoms with Crippen molar-refractivity contribution < 1.29 is 4.74 Å². The zero-order valence-electron chi connectivity index (χ0n) is 11.9. The van der Waals surface area contributed by atoms with Crippen molar-refractivity contribution in [2.24, 2.45) is 0 Å². The molecule has 2 rings (SSSR count). The molecule has 0 amide bonds. The molecule has 1 N–H and O–H groups in total. The number of ether oxygens (including phenoxy) is 1. The van der Waals surface area contributed by atoms with E-state index < -0.39 is 0 Å². The van der Waals surface area contributed by atoms with E-state index in [9.17, 15) is 0 Å². The van der Waals surface area contributed by atoms with Gasteiger partial charge in [-0.1, -0.05) is 24.9 Å². The number of aryl methyl sites for hydroxylation is 1. The van der Waals surface area contributed by atoms with Crippen LogP contribution in [-0.4, -0.2) is 17.0 Å². The van der Waals surface area contributed by atoms with Crippen LogP contribution < -0.4 is 10.1 Å². The number of rotatable bonds is 5. The molecule has 20 heavy (non-hydrogen) atoms. The fraction of sp³-hybridized carbons (Fsp3) is 0.333. The van der Waals surface area contributed by atoms with Crippen LogP contribution >= 0.6 is 11.6 Å². The van der Waals surface area contributed by atoms with Crippen LogP contribution in [0.2, 0.25) is 5.02 Å². The number of anilines is 1. The Labute approximate surface area is 124 Å². The molecule has 0 spiro atoms. The molecule has 0 unspecified atom stereocenters. The molecule has 0 atom stereocenters. The van der Waals surface area contributed by atoms with Crippen molar-refractivity contribution in [2.45, 2.75) is 26.7 Å². The zero-order chi connectivity index (χ0) is 14.5. The van der Waals surface area contributed by atoms with Crippen LogP contribution in [0.25, 0.3) is 0 Å². The number of halogens is 1. The van der Waals surface area contributed by atoms with Gasteiger partial charge in [0, 0.05) is 12.1 Å². The summed E-state index contributed by atoms with van der Waals surface area (Å²) >= 11 is 5.96. The SMILES string of the molecule is CCCc1c(NC)ncnc1Oc1ccc(Cl)cc1C. The number of nitrogens with one attached hydrogen (secondary N) is 1. The van der Waals surface area contributed by atoms with Crippen LogP contribution in [0.1, 0.15) is 24.5 Å². The third-order valence-corrected chi connectivity index (χ3v) is 3.22. The second-order valence-corrected chi connectivity index (χ2v) is 4.95. The summed E-state index contributed by atoms with van der Waals surface area (Å²) in [5.41, 5.74) is 1.97. The fourth-order valence-electron chi connectivity index (χ4n) is 2.01. The van der Waals surface area contributed by atoms with Gasteiger partial charge in [0.15, 0.2) is 0 Å². The predicted molar refractivity (Wildman–Crippen MR) is 81.8 cm³/mol. The van der Waals surface area contributed by atoms with Crippen LogP contribution in [0.3, 0.4) is 0 Å². The van der Waals surface area contributed by atoms with Crippen molar-refractivity contribution in [2.75, 3.05) is 12.4 Å². The first kappa shape index (κ1) is 14.6. The quantitative estimate of drug-likeness (QED) is 0.896. The minimum Gasteiger partial charge on any atom is -0.438 e. The van der Waals surface area contributed by atoms with Gasteiger partial charge in [-0.3, -0.25) is 0 Å². The first-order chi connectivity index (χ1) is 9.65. The van der Waals surface area contributed by atoms with Gasteiger partial charge in [0.05, 0.1) is 5.56 Å². The minimum absolute atomic E-state index is 0.594. The predicted octanol–water partition coefficient (Wildman–Crippen LogP) is 4.22. The average Bonchev–Trinajstić information content (AvgIpc) is 2.43. The van der Waals surface area contributed by atoms with E-state index in [1.807, 2.05) is 32.2 Å². The second-order valence-electron chi connectivity index (χ2n) is 4.52. The first-order valence-electron chi connectivity index (χ1n) is 6.61. The van der Waals surface area contributed by atoms with Crippen molar-refractivity contribution in [3.05, 3.63) is 40.7 Å². The van der Waals surface area contributed by atoms with E-state index in [4.69, 9.17) is 16.3 Å². The van der Waals surface area contributed by atoms with Crippen molar-refractivity contribution in [1.82, 2.24) is 9.97 Å². The van der Waals surface area contributed by atoms with Crippen molar-refractivity contribution in [3.63, 3.8) is 0 Å². The third kappa shape index (κ3) is 3.20. The fourth-order valence-corrected chi connectivity index (χ4v) is 2.23. The summed E-state index contributed by atoms with van der Waals surface area (Å²) in [6, 6.07) is 5.54. The molecule has 0 aliphatic heterocycles. The van der Waals surface area contributed by atoms with E-state index in [1.165, 1.54) is 6.33 Å². The molecule has 2 aromatic rings. The summed E-state index contributed by atoms with van der Waals surface area (Å²) in [5.74, 6) is 2.16. The van der Waals surface area contributed by atoms with Crippen molar-refractivity contribution >= 4 is 17.4 Å². The van der Waals surface area contributed by atoms with E-state index in [0.29, 0.717) is 10.9 Å². The van der Waals surface area contributed by atoms with Crippen molar-refractivity contribution in [1.29, 1.82) is 0 Å². The Hall–Kier alpha value is -1.81. The molecule has 1 aromatic heterocycles. The van der Waals surface area contributed by atoms with E-state index in [1.54, 1.807) is 0 Å². The Balaban J connectivity index is 2.37. The smallest absolute Gasteiger partial charge is 0.227 e. The number of aromatic nitrogens is 2. The minimum atomic E-state index is 0.594. The number of hydrogen-bond donors (Lipinski definition) is 1. The molecule has 1 heterocycles. The lowest BCUT2D eigenvalue weighted by Gasteiger charge is -2.14. The van der Waals surface area contributed by atoms with Gasteiger partial charge in [-0.15, -0.1) is 0 Å². The largest absolute Gasteiger partial charge is 0.438 e. The maximum atomic E-state index is 5.96. The molecule has 4 nitrogen and oxygen atoms in total. The molecule has 1 aromatic carbocycles. The second kappa shape index (κ2) is 6.57. The highest BCUT2D eigenvalue weighted by molar-refractivity contribution is 6.30. The van der Waals surface area contributed by atoms with Gasteiger partial charge in [-0.25, -0.2) is 9.97 Å². The molecule has 0 saturated heterocycles. The Morgan fingerprint density at radius 1 is 1.30 bits per heavy atom. The lowest BCUT2D eigenvalue weighted by molar-refractivity contribution is 0.451. The molecule has 5 heteroatoms. The highest BCUT2D eigenvalue weighted by Crippen LogP contribution is 2.30. The maximum absolute atomic E-state index is 5.96.